The highest BCUT2D eigenvalue weighted by Crippen LogP contribution is 2.16. The molecular weight excluding hydrogens is 458 g/mol. The van der Waals surface area contributed by atoms with Gasteiger partial charge in [0, 0.05) is 6.61 Å². The topological polar surface area (TPSA) is 61.8 Å². The molecule has 8 heteroatoms. The molecule has 0 aliphatic carbocycles. The molecule has 5 nitrogen and oxygen atoms in total. The first kappa shape index (κ1) is 31.4. The van der Waals surface area contributed by atoms with Gasteiger partial charge in [-0.3, -0.25) is 9.59 Å². The summed E-state index contributed by atoms with van der Waals surface area (Å²) in [5.41, 5.74) is -2.13. The Morgan fingerprint density at radius 1 is 0.656 bits per heavy atom. The monoisotopic (exact) mass is 500 g/mol. The third-order valence-corrected chi connectivity index (χ3v) is 5.64. The van der Waals surface area contributed by atoms with E-state index in [1.807, 2.05) is 0 Å². The summed E-state index contributed by atoms with van der Waals surface area (Å²) >= 11 is 10.7. The van der Waals surface area contributed by atoms with Crippen LogP contribution in [0.4, 0.5) is 4.39 Å². The summed E-state index contributed by atoms with van der Waals surface area (Å²) in [6.07, 6.45) is 17.7. The molecule has 0 rings (SSSR count). The molecule has 190 valence electrons. The molecule has 0 aromatic rings. The lowest BCUT2D eigenvalue weighted by Crippen LogP contribution is -2.41. The number of ether oxygens (including phenoxy) is 3. The molecular formula is C24H43Cl2FO5. The molecule has 0 aliphatic heterocycles. The highest BCUT2D eigenvalue weighted by atomic mass is 35.5. The van der Waals surface area contributed by atoms with E-state index in [1.54, 1.807) is 0 Å². The number of carbonyl (C=O) groups excluding carboxylic acids is 2. The summed E-state index contributed by atoms with van der Waals surface area (Å²) in [6.45, 7) is 1.13. The first-order valence-electron chi connectivity index (χ1n) is 12.2. The van der Waals surface area contributed by atoms with Crippen LogP contribution in [0.15, 0.2) is 0 Å². The van der Waals surface area contributed by atoms with E-state index in [1.165, 1.54) is 70.6 Å². The van der Waals surface area contributed by atoms with Gasteiger partial charge in [0.25, 0.3) is 0 Å². The molecule has 0 aliphatic rings. The van der Waals surface area contributed by atoms with Crippen molar-refractivity contribution in [2.24, 2.45) is 0 Å². The van der Waals surface area contributed by atoms with Crippen LogP contribution in [-0.2, 0) is 23.8 Å². The van der Waals surface area contributed by atoms with E-state index in [-0.39, 0.29) is 18.4 Å². The van der Waals surface area contributed by atoms with Gasteiger partial charge in [0.1, 0.15) is 25.0 Å². The molecule has 0 N–H and O–H groups in total. The van der Waals surface area contributed by atoms with Crippen LogP contribution in [0.3, 0.4) is 0 Å². The summed E-state index contributed by atoms with van der Waals surface area (Å²) in [6, 6.07) is 0. The molecule has 0 unspecified atom stereocenters. The average Bonchev–Trinajstić information content (AvgIpc) is 2.80. The van der Waals surface area contributed by atoms with E-state index in [0.717, 1.165) is 19.3 Å². The van der Waals surface area contributed by atoms with E-state index >= 15 is 0 Å². The van der Waals surface area contributed by atoms with Crippen molar-refractivity contribution < 1.29 is 28.2 Å². The van der Waals surface area contributed by atoms with E-state index in [4.69, 9.17) is 37.4 Å². The van der Waals surface area contributed by atoms with Gasteiger partial charge in [-0.2, -0.15) is 0 Å². The van der Waals surface area contributed by atoms with Crippen molar-refractivity contribution in [3.05, 3.63) is 0 Å². The molecule has 32 heavy (non-hydrogen) atoms. The SMILES string of the molecule is CCCCCCCCCCCCCCCCOCC(F)(COC(=O)CCl)COC(=O)CCl. The second-order valence-electron chi connectivity index (χ2n) is 8.39. The fraction of sp³-hybridized carbons (Fsp3) is 0.917. The maximum atomic E-state index is 14.9. The highest BCUT2D eigenvalue weighted by molar-refractivity contribution is 6.26. The number of hydrogen-bond donors (Lipinski definition) is 0. The minimum atomic E-state index is -2.13. The third-order valence-electron chi connectivity index (χ3n) is 5.20. The molecule has 0 saturated heterocycles. The van der Waals surface area contributed by atoms with Crippen molar-refractivity contribution in [1.82, 2.24) is 0 Å². The lowest BCUT2D eigenvalue weighted by molar-refractivity contribution is -0.156. The van der Waals surface area contributed by atoms with E-state index in [9.17, 15) is 14.0 Å². The second kappa shape index (κ2) is 22.2. The van der Waals surface area contributed by atoms with Crippen molar-refractivity contribution >= 4 is 35.1 Å². The second-order valence-corrected chi connectivity index (χ2v) is 8.92. The molecule has 0 bridgehead atoms. The maximum Gasteiger partial charge on any atom is 0.320 e. The Morgan fingerprint density at radius 2 is 1.03 bits per heavy atom. The maximum absolute atomic E-state index is 14.9. The molecule has 0 atom stereocenters. The highest BCUT2D eigenvalue weighted by Gasteiger charge is 2.34. The Balaban J connectivity index is 3.73. The van der Waals surface area contributed by atoms with Gasteiger partial charge in [-0.1, -0.05) is 90.4 Å². The molecule has 0 aromatic carbocycles. The van der Waals surface area contributed by atoms with Crippen LogP contribution >= 0.6 is 23.2 Å². The van der Waals surface area contributed by atoms with Crippen LogP contribution in [0.1, 0.15) is 96.8 Å². The number of carbonyl (C=O) groups is 2. The molecule has 0 fully saturated rings. The minimum Gasteiger partial charge on any atom is -0.461 e. The Morgan fingerprint density at radius 3 is 1.41 bits per heavy atom. The van der Waals surface area contributed by atoms with Crippen molar-refractivity contribution in [2.45, 2.75) is 102 Å². The zero-order valence-electron chi connectivity index (χ0n) is 19.8. The van der Waals surface area contributed by atoms with Crippen LogP contribution in [0.5, 0.6) is 0 Å². The lowest BCUT2D eigenvalue weighted by Gasteiger charge is -2.24. The summed E-state index contributed by atoms with van der Waals surface area (Å²) in [7, 11) is 0. The van der Waals surface area contributed by atoms with Crippen molar-refractivity contribution in [3.8, 4) is 0 Å². The lowest BCUT2D eigenvalue weighted by atomic mass is 10.0. The number of unbranched alkanes of at least 4 members (excludes halogenated alkanes) is 13. The Bertz CT molecular complexity index is 446. The van der Waals surface area contributed by atoms with Gasteiger partial charge in [0.2, 0.25) is 5.67 Å². The standard InChI is InChI=1S/C24H43Cl2FO5/c1-2-3-4-5-6-7-8-9-10-11-12-13-14-15-16-30-19-24(27,20-31-22(28)17-25)21-32-23(29)18-26/h2-21H2,1H3. The van der Waals surface area contributed by atoms with Gasteiger partial charge in [-0.15, -0.1) is 23.2 Å². The molecule has 0 radical (unpaired) electrons. The van der Waals surface area contributed by atoms with Gasteiger partial charge in [0.15, 0.2) is 0 Å². The van der Waals surface area contributed by atoms with Crippen LogP contribution < -0.4 is 0 Å². The normalized spacial score (nSPS) is 11.5. The predicted molar refractivity (Wildman–Crippen MR) is 128 cm³/mol. The van der Waals surface area contributed by atoms with Crippen molar-refractivity contribution in [1.29, 1.82) is 0 Å². The Labute approximate surface area is 204 Å². The molecule has 0 spiro atoms. The first-order chi connectivity index (χ1) is 15.5. The number of alkyl halides is 3. The fourth-order valence-electron chi connectivity index (χ4n) is 3.28. The predicted octanol–water partition coefficient (Wildman–Crippen LogP) is 6.76. The summed E-state index contributed by atoms with van der Waals surface area (Å²) in [5.74, 6) is -2.25. The zero-order chi connectivity index (χ0) is 23.9. The van der Waals surface area contributed by atoms with Gasteiger partial charge in [-0.05, 0) is 6.42 Å². The smallest absolute Gasteiger partial charge is 0.320 e. The molecule has 0 heterocycles. The van der Waals surface area contributed by atoms with Gasteiger partial charge < -0.3 is 14.2 Å². The van der Waals surface area contributed by atoms with Gasteiger partial charge in [0.05, 0.1) is 6.61 Å². The van der Waals surface area contributed by atoms with Gasteiger partial charge >= 0.3 is 11.9 Å². The van der Waals surface area contributed by atoms with E-state index in [2.05, 4.69) is 6.92 Å². The van der Waals surface area contributed by atoms with Crippen LogP contribution in [0, 0.1) is 0 Å². The third kappa shape index (κ3) is 20.0. The molecule has 0 amide bonds. The first-order valence-corrected chi connectivity index (χ1v) is 13.2. The molecule has 0 aromatic heterocycles. The molecule has 0 saturated carbocycles. The quantitative estimate of drug-likeness (QED) is 0.0880. The number of halogens is 3. The summed E-state index contributed by atoms with van der Waals surface area (Å²) in [5, 5.41) is 0. The van der Waals surface area contributed by atoms with Crippen LogP contribution in [0.2, 0.25) is 0 Å². The Hall–Kier alpha value is -0.590. The van der Waals surface area contributed by atoms with Crippen molar-refractivity contribution in [2.75, 3.05) is 38.2 Å². The summed E-state index contributed by atoms with van der Waals surface area (Å²) in [4.78, 5) is 22.4. The van der Waals surface area contributed by atoms with Crippen molar-refractivity contribution in [3.63, 3.8) is 0 Å². The average molecular weight is 502 g/mol. The number of esters is 2. The number of hydrogen-bond acceptors (Lipinski definition) is 5. The zero-order valence-corrected chi connectivity index (χ0v) is 21.3. The number of rotatable bonds is 23. The van der Waals surface area contributed by atoms with Crippen LogP contribution in [0.25, 0.3) is 0 Å². The minimum absolute atomic E-state index is 0.337. The van der Waals surface area contributed by atoms with Gasteiger partial charge in [-0.25, -0.2) is 4.39 Å². The van der Waals surface area contributed by atoms with E-state index < -0.39 is 30.8 Å². The largest absolute Gasteiger partial charge is 0.461 e. The van der Waals surface area contributed by atoms with E-state index in [0.29, 0.717) is 6.61 Å². The summed E-state index contributed by atoms with van der Waals surface area (Å²) < 4.78 is 29.8. The fourth-order valence-corrected chi connectivity index (χ4v) is 3.43. The van der Waals surface area contributed by atoms with Crippen LogP contribution in [-0.4, -0.2) is 55.8 Å². The Kier molecular flexibility index (Phi) is 21.8.